The first-order valence-electron chi connectivity index (χ1n) is 8.14. The number of phenolic OH excluding ortho intramolecular Hbond substituents is 1. The van der Waals surface area contributed by atoms with Gasteiger partial charge in [-0.1, -0.05) is 51.1 Å². The van der Waals surface area contributed by atoms with E-state index in [0.717, 1.165) is 0 Å². The van der Waals surface area contributed by atoms with Crippen molar-refractivity contribution in [1.82, 2.24) is 0 Å². The minimum Gasteiger partial charge on any atom is -0.508 e. The molecule has 1 atom stereocenters. The molecule has 0 spiro atoms. The molecule has 1 unspecified atom stereocenters. The molecule has 0 saturated heterocycles. The zero-order chi connectivity index (χ0) is 17.2. The van der Waals surface area contributed by atoms with Crippen molar-refractivity contribution in [1.29, 1.82) is 0 Å². The highest BCUT2D eigenvalue weighted by Crippen LogP contribution is 2.33. The zero-order valence-electron chi connectivity index (χ0n) is 14.4. The highest BCUT2D eigenvalue weighted by Gasteiger charge is 2.28. The monoisotopic (exact) mass is 335 g/mol. The lowest BCUT2D eigenvalue weighted by molar-refractivity contribution is 0.475. The van der Waals surface area contributed by atoms with Gasteiger partial charge in [-0.15, -0.1) is 0 Å². The molecule has 122 valence electrons. The molecule has 1 N–H and O–H groups in total. The predicted molar refractivity (Wildman–Crippen MR) is 102 cm³/mol. The molecular weight excluding hydrogens is 312 g/mol. The van der Waals surface area contributed by atoms with E-state index < -0.39 is 0 Å². The number of benzene rings is 3. The van der Waals surface area contributed by atoms with Crippen LogP contribution in [0, 0.1) is 0 Å². The Morgan fingerprint density at radius 3 is 1.58 bits per heavy atom. The van der Waals surface area contributed by atoms with Gasteiger partial charge < -0.3 is 5.11 Å². The van der Waals surface area contributed by atoms with Gasteiger partial charge in [-0.25, -0.2) is 0 Å². The first-order valence-corrected chi connectivity index (χ1v) is 9.36. The summed E-state index contributed by atoms with van der Waals surface area (Å²) >= 11 is 0. The second-order valence-electron chi connectivity index (χ2n) is 6.89. The Balaban J connectivity index is 2.06. The average molecular weight is 335 g/mol. The van der Waals surface area contributed by atoms with Crippen LogP contribution in [0.5, 0.6) is 5.75 Å². The van der Waals surface area contributed by atoms with Crippen LogP contribution >= 0.6 is 0 Å². The number of hydrogen-bond acceptors (Lipinski definition) is 1. The van der Waals surface area contributed by atoms with Crippen LogP contribution in [0.2, 0.25) is 0 Å². The third kappa shape index (κ3) is 3.65. The Labute approximate surface area is 147 Å². The van der Waals surface area contributed by atoms with E-state index in [0.29, 0.717) is 5.75 Å². The van der Waals surface area contributed by atoms with Gasteiger partial charge in [-0.2, -0.15) is 0 Å². The normalized spacial score (nSPS) is 12.8. The van der Waals surface area contributed by atoms with E-state index in [4.69, 9.17) is 0 Å². The van der Waals surface area contributed by atoms with E-state index in [1.54, 1.807) is 12.1 Å². The van der Waals surface area contributed by atoms with Crippen molar-refractivity contribution in [2.45, 2.75) is 40.9 Å². The Bertz CT molecular complexity index is 784. The van der Waals surface area contributed by atoms with Gasteiger partial charge in [0, 0.05) is 0 Å². The quantitative estimate of drug-likeness (QED) is 0.601. The molecule has 0 aromatic heterocycles. The fraction of sp³-hybridized carbons (Fsp3) is 0.182. The summed E-state index contributed by atoms with van der Waals surface area (Å²) in [7, 11) is -0.169. The molecule has 3 aromatic carbocycles. The van der Waals surface area contributed by atoms with Crippen LogP contribution in [0.4, 0.5) is 0 Å². The molecule has 1 nitrogen and oxygen atoms in total. The Morgan fingerprint density at radius 2 is 1.08 bits per heavy atom. The van der Waals surface area contributed by atoms with Crippen LogP contribution in [-0.2, 0) is 16.3 Å². The molecule has 0 heterocycles. The van der Waals surface area contributed by atoms with Crippen molar-refractivity contribution >= 4 is 10.9 Å². The molecule has 0 aliphatic heterocycles. The molecule has 0 saturated carbocycles. The highest BCUT2D eigenvalue weighted by atomic mass is 32.2. The molecule has 0 radical (unpaired) electrons. The fourth-order valence-corrected chi connectivity index (χ4v) is 4.70. The van der Waals surface area contributed by atoms with Gasteiger partial charge in [0.05, 0.1) is 10.9 Å². The maximum Gasteiger partial charge on any atom is 0.166 e. The lowest BCUT2D eigenvalue weighted by atomic mass is 9.87. The molecule has 0 aliphatic rings. The van der Waals surface area contributed by atoms with E-state index >= 15 is 0 Å². The number of phenols is 1. The molecule has 24 heavy (non-hydrogen) atoms. The Kier molecular flexibility index (Phi) is 4.68. The van der Waals surface area contributed by atoms with Crippen molar-refractivity contribution in [3.05, 3.63) is 84.4 Å². The van der Waals surface area contributed by atoms with Gasteiger partial charge in [0.25, 0.3) is 0 Å². The lowest BCUT2D eigenvalue weighted by Crippen LogP contribution is -2.11. The first kappa shape index (κ1) is 16.7. The molecular formula is C22H23OS+. The van der Waals surface area contributed by atoms with Gasteiger partial charge in [0.1, 0.15) is 5.75 Å². The minimum absolute atomic E-state index is 0.155. The summed E-state index contributed by atoms with van der Waals surface area (Å²) in [6.07, 6.45) is 0. The van der Waals surface area contributed by atoms with Crippen molar-refractivity contribution in [2.24, 2.45) is 0 Å². The third-order valence-electron chi connectivity index (χ3n) is 4.01. The summed E-state index contributed by atoms with van der Waals surface area (Å²) in [5.74, 6) is 0.304. The second kappa shape index (κ2) is 6.74. The summed E-state index contributed by atoms with van der Waals surface area (Å²) in [4.78, 5) is 3.79. The molecule has 3 aromatic rings. The Hall–Kier alpha value is -2.19. The van der Waals surface area contributed by atoms with Crippen LogP contribution in [-0.4, -0.2) is 5.11 Å². The average Bonchev–Trinajstić information content (AvgIpc) is 2.58. The first-order chi connectivity index (χ1) is 11.4. The van der Waals surface area contributed by atoms with Gasteiger partial charge in [0.15, 0.2) is 14.7 Å². The van der Waals surface area contributed by atoms with E-state index in [1.807, 2.05) is 18.2 Å². The minimum atomic E-state index is -0.169. The van der Waals surface area contributed by atoms with Crippen LogP contribution in [0.1, 0.15) is 26.3 Å². The summed E-state index contributed by atoms with van der Waals surface area (Å²) in [5.41, 5.74) is 1.50. The van der Waals surface area contributed by atoms with E-state index in [9.17, 15) is 5.11 Å². The summed E-state index contributed by atoms with van der Waals surface area (Å²) in [6.45, 7) is 6.71. The van der Waals surface area contributed by atoms with Crippen molar-refractivity contribution < 1.29 is 5.11 Å². The number of hydrogen-bond donors (Lipinski definition) is 1. The number of aromatic hydroxyl groups is 1. The van der Waals surface area contributed by atoms with Crippen molar-refractivity contribution in [2.75, 3.05) is 0 Å². The smallest absolute Gasteiger partial charge is 0.166 e. The van der Waals surface area contributed by atoms with Gasteiger partial charge in [-0.05, 0) is 59.5 Å². The molecule has 0 fully saturated rings. The molecule has 2 heteroatoms. The third-order valence-corrected chi connectivity index (χ3v) is 6.24. The van der Waals surface area contributed by atoms with E-state index in [-0.39, 0.29) is 16.3 Å². The van der Waals surface area contributed by atoms with Crippen molar-refractivity contribution in [3.63, 3.8) is 0 Å². The SMILES string of the molecule is CC(C)(C)c1ccc([S+](c2ccccc2)c2ccc(O)cc2)cc1. The zero-order valence-corrected chi connectivity index (χ0v) is 15.2. The maximum atomic E-state index is 9.61. The fourth-order valence-electron chi connectivity index (χ4n) is 2.64. The van der Waals surface area contributed by atoms with Gasteiger partial charge in [0.2, 0.25) is 0 Å². The number of rotatable bonds is 3. The second-order valence-corrected chi connectivity index (χ2v) is 8.91. The molecule has 3 rings (SSSR count). The topological polar surface area (TPSA) is 20.2 Å². The molecule has 0 amide bonds. The van der Waals surface area contributed by atoms with Gasteiger partial charge >= 0.3 is 0 Å². The van der Waals surface area contributed by atoms with Crippen LogP contribution < -0.4 is 0 Å². The van der Waals surface area contributed by atoms with Crippen LogP contribution in [0.25, 0.3) is 0 Å². The predicted octanol–water partition coefficient (Wildman–Crippen LogP) is 5.79. The van der Waals surface area contributed by atoms with Gasteiger partial charge in [-0.3, -0.25) is 0 Å². The standard InChI is InChI=1S/C22H22OS/c1-22(2,3)17-9-13-20(14-10-17)24(19-7-5-4-6-8-19)21-15-11-18(23)12-16-21/h4-16H,1-3H3/p+1. The highest BCUT2D eigenvalue weighted by molar-refractivity contribution is 7.97. The van der Waals surface area contributed by atoms with E-state index in [2.05, 4.69) is 69.3 Å². The maximum absolute atomic E-state index is 9.61. The summed E-state index contributed by atoms with van der Waals surface area (Å²) < 4.78 is 0. The lowest BCUT2D eigenvalue weighted by Gasteiger charge is -2.19. The largest absolute Gasteiger partial charge is 0.508 e. The van der Waals surface area contributed by atoms with Crippen LogP contribution in [0.15, 0.2) is 93.5 Å². The summed E-state index contributed by atoms with van der Waals surface area (Å²) in [6, 6.07) is 27.1. The molecule has 0 aliphatic carbocycles. The van der Waals surface area contributed by atoms with E-state index in [1.165, 1.54) is 20.2 Å². The Morgan fingerprint density at radius 1 is 0.625 bits per heavy atom. The molecule has 0 bridgehead atoms. The van der Waals surface area contributed by atoms with Crippen molar-refractivity contribution in [3.8, 4) is 5.75 Å². The summed E-state index contributed by atoms with van der Waals surface area (Å²) in [5, 5.41) is 9.61. The van der Waals surface area contributed by atoms with Crippen LogP contribution in [0.3, 0.4) is 0 Å².